The molecule has 128 valence electrons. The van der Waals surface area contributed by atoms with Gasteiger partial charge in [0.15, 0.2) is 6.61 Å². The molecule has 0 unspecified atom stereocenters. The second-order valence-corrected chi connectivity index (χ2v) is 5.44. The number of ketones is 1. The molecule has 0 radical (unpaired) electrons. The Balaban J connectivity index is 2.11. The first kappa shape index (κ1) is 17.8. The first-order valence-electron chi connectivity index (χ1n) is 7.24. The fraction of sp³-hybridized carbons (Fsp3) is 0.312. The third-order valence-electron chi connectivity index (χ3n) is 3.51. The SMILES string of the molecule is CCc1nn(C)c(N)c1C(=O)OCC(=O)c1ccc(OC)cc1Cl. The molecule has 0 aliphatic carbocycles. The number of Topliss-reactive ketones (excluding diaryl/α,β-unsaturated/α-hetero) is 1. The number of hydrogen-bond donors (Lipinski definition) is 1. The summed E-state index contributed by atoms with van der Waals surface area (Å²) >= 11 is 6.04. The monoisotopic (exact) mass is 351 g/mol. The summed E-state index contributed by atoms with van der Waals surface area (Å²) in [6, 6.07) is 4.65. The number of nitrogens with two attached hydrogens (primary N) is 1. The lowest BCUT2D eigenvalue weighted by atomic mass is 10.1. The Hall–Kier alpha value is -2.54. The van der Waals surface area contributed by atoms with Crippen molar-refractivity contribution in [3.05, 3.63) is 40.0 Å². The van der Waals surface area contributed by atoms with E-state index in [9.17, 15) is 9.59 Å². The number of nitrogens with zero attached hydrogens (tertiary/aromatic N) is 2. The number of aromatic nitrogens is 2. The zero-order valence-corrected chi connectivity index (χ0v) is 14.4. The molecule has 2 aromatic rings. The van der Waals surface area contributed by atoms with E-state index in [2.05, 4.69) is 5.10 Å². The number of aryl methyl sites for hydroxylation is 2. The van der Waals surface area contributed by atoms with Crippen LogP contribution in [0.25, 0.3) is 0 Å². The number of hydrogen-bond acceptors (Lipinski definition) is 6. The average Bonchev–Trinajstić information content (AvgIpc) is 2.86. The lowest BCUT2D eigenvalue weighted by Gasteiger charge is -2.07. The Morgan fingerprint density at radius 1 is 1.38 bits per heavy atom. The Kier molecular flexibility index (Phi) is 5.46. The molecule has 0 saturated carbocycles. The summed E-state index contributed by atoms with van der Waals surface area (Å²) in [4.78, 5) is 24.4. The topological polar surface area (TPSA) is 96.4 Å². The van der Waals surface area contributed by atoms with Crippen LogP contribution in [0.4, 0.5) is 5.82 Å². The molecule has 24 heavy (non-hydrogen) atoms. The maximum absolute atomic E-state index is 12.2. The second-order valence-electron chi connectivity index (χ2n) is 5.03. The molecule has 1 heterocycles. The molecule has 0 aliphatic rings. The predicted octanol–water partition coefficient (Wildman–Crippen LogP) is 2.27. The van der Waals surface area contributed by atoms with Gasteiger partial charge in [-0.05, 0) is 24.6 Å². The highest BCUT2D eigenvalue weighted by Gasteiger charge is 2.22. The Labute approximate surface area is 144 Å². The highest BCUT2D eigenvalue weighted by atomic mass is 35.5. The van der Waals surface area contributed by atoms with Gasteiger partial charge in [-0.3, -0.25) is 9.48 Å². The standard InChI is InChI=1S/C16H18ClN3O4/c1-4-12-14(15(18)20(2)19-12)16(22)24-8-13(21)10-6-5-9(23-3)7-11(10)17/h5-7H,4,8,18H2,1-3H3. The van der Waals surface area contributed by atoms with E-state index in [1.807, 2.05) is 6.92 Å². The molecule has 0 bridgehead atoms. The maximum Gasteiger partial charge on any atom is 0.344 e. The molecule has 0 aliphatic heterocycles. The van der Waals surface area contributed by atoms with Crippen LogP contribution >= 0.6 is 11.6 Å². The largest absolute Gasteiger partial charge is 0.497 e. The summed E-state index contributed by atoms with van der Waals surface area (Å²) in [5.41, 5.74) is 6.79. The van der Waals surface area contributed by atoms with E-state index in [1.54, 1.807) is 13.1 Å². The number of benzene rings is 1. The normalized spacial score (nSPS) is 10.5. The quantitative estimate of drug-likeness (QED) is 0.633. The molecule has 0 saturated heterocycles. The molecule has 0 amide bonds. The van der Waals surface area contributed by atoms with Crippen molar-refractivity contribution < 1.29 is 19.1 Å². The van der Waals surface area contributed by atoms with Crippen LogP contribution in [0.2, 0.25) is 5.02 Å². The van der Waals surface area contributed by atoms with E-state index in [0.29, 0.717) is 17.9 Å². The molecular weight excluding hydrogens is 334 g/mol. The summed E-state index contributed by atoms with van der Waals surface area (Å²) in [6.45, 7) is 1.41. The fourth-order valence-corrected chi connectivity index (χ4v) is 2.47. The van der Waals surface area contributed by atoms with Crippen molar-refractivity contribution in [2.75, 3.05) is 19.5 Å². The number of rotatable bonds is 6. The van der Waals surface area contributed by atoms with Crippen molar-refractivity contribution in [2.24, 2.45) is 7.05 Å². The molecule has 8 heteroatoms. The van der Waals surface area contributed by atoms with Crippen LogP contribution in [-0.2, 0) is 18.2 Å². The summed E-state index contributed by atoms with van der Waals surface area (Å²) in [5, 5.41) is 4.37. The van der Waals surface area contributed by atoms with Gasteiger partial charge in [-0.15, -0.1) is 0 Å². The summed E-state index contributed by atoms with van der Waals surface area (Å²) in [5.74, 6) is -0.372. The number of methoxy groups -OCH3 is 1. The van der Waals surface area contributed by atoms with E-state index in [-0.39, 0.29) is 22.0 Å². The van der Waals surface area contributed by atoms with Gasteiger partial charge < -0.3 is 15.2 Å². The van der Waals surface area contributed by atoms with Gasteiger partial charge >= 0.3 is 5.97 Å². The number of carbonyl (C=O) groups is 2. The van der Waals surface area contributed by atoms with Crippen LogP contribution in [0.1, 0.15) is 33.3 Å². The van der Waals surface area contributed by atoms with Gasteiger partial charge in [0.1, 0.15) is 17.1 Å². The molecule has 0 atom stereocenters. The van der Waals surface area contributed by atoms with Crippen molar-refractivity contribution in [1.29, 1.82) is 0 Å². The van der Waals surface area contributed by atoms with Gasteiger partial charge in [-0.1, -0.05) is 18.5 Å². The van der Waals surface area contributed by atoms with Gasteiger partial charge in [0, 0.05) is 12.6 Å². The van der Waals surface area contributed by atoms with Crippen LogP contribution in [0.3, 0.4) is 0 Å². The number of esters is 1. The van der Waals surface area contributed by atoms with E-state index in [1.165, 1.54) is 23.9 Å². The smallest absolute Gasteiger partial charge is 0.344 e. The Morgan fingerprint density at radius 2 is 2.08 bits per heavy atom. The number of carbonyl (C=O) groups excluding carboxylic acids is 2. The van der Waals surface area contributed by atoms with Crippen molar-refractivity contribution in [3.63, 3.8) is 0 Å². The first-order chi connectivity index (χ1) is 11.4. The minimum atomic E-state index is -0.685. The van der Waals surface area contributed by atoms with Crippen LogP contribution < -0.4 is 10.5 Å². The van der Waals surface area contributed by atoms with Crippen LogP contribution in [0, 0.1) is 0 Å². The van der Waals surface area contributed by atoms with Crippen LogP contribution in [-0.4, -0.2) is 35.2 Å². The van der Waals surface area contributed by atoms with E-state index < -0.39 is 18.4 Å². The number of ether oxygens (including phenoxy) is 2. The van der Waals surface area contributed by atoms with Crippen molar-refractivity contribution in [1.82, 2.24) is 9.78 Å². The minimum absolute atomic E-state index is 0.189. The molecule has 1 aromatic heterocycles. The van der Waals surface area contributed by atoms with Gasteiger partial charge in [-0.25, -0.2) is 4.79 Å². The second kappa shape index (κ2) is 7.35. The number of anilines is 1. The molecular formula is C16H18ClN3O4. The summed E-state index contributed by atoms with van der Waals surface area (Å²) in [7, 11) is 3.13. The molecule has 1 aromatic carbocycles. The molecule has 0 fully saturated rings. The highest BCUT2D eigenvalue weighted by Crippen LogP contribution is 2.23. The molecule has 2 rings (SSSR count). The molecule has 0 spiro atoms. The van der Waals surface area contributed by atoms with E-state index >= 15 is 0 Å². The van der Waals surface area contributed by atoms with Crippen molar-refractivity contribution in [3.8, 4) is 5.75 Å². The van der Waals surface area contributed by atoms with Crippen LogP contribution in [0.5, 0.6) is 5.75 Å². The van der Waals surface area contributed by atoms with Gasteiger partial charge in [0.05, 0.1) is 17.8 Å². The molecule has 7 nitrogen and oxygen atoms in total. The van der Waals surface area contributed by atoms with Crippen molar-refractivity contribution >= 4 is 29.2 Å². The van der Waals surface area contributed by atoms with E-state index in [4.69, 9.17) is 26.8 Å². The van der Waals surface area contributed by atoms with Crippen molar-refractivity contribution in [2.45, 2.75) is 13.3 Å². The fourth-order valence-electron chi connectivity index (χ4n) is 2.19. The zero-order valence-electron chi connectivity index (χ0n) is 13.6. The lowest BCUT2D eigenvalue weighted by Crippen LogP contribution is -2.16. The number of halogens is 1. The highest BCUT2D eigenvalue weighted by molar-refractivity contribution is 6.34. The van der Waals surface area contributed by atoms with Gasteiger partial charge in [0.25, 0.3) is 0 Å². The maximum atomic E-state index is 12.2. The third-order valence-corrected chi connectivity index (χ3v) is 3.83. The first-order valence-corrected chi connectivity index (χ1v) is 7.62. The third kappa shape index (κ3) is 3.51. The Bertz CT molecular complexity index is 786. The molecule has 2 N–H and O–H groups in total. The minimum Gasteiger partial charge on any atom is -0.497 e. The lowest BCUT2D eigenvalue weighted by molar-refractivity contribution is 0.0474. The predicted molar refractivity (Wildman–Crippen MR) is 89.6 cm³/mol. The Morgan fingerprint density at radius 3 is 2.67 bits per heavy atom. The van der Waals surface area contributed by atoms with Gasteiger partial charge in [0.2, 0.25) is 5.78 Å². The van der Waals surface area contributed by atoms with E-state index in [0.717, 1.165) is 0 Å². The van der Waals surface area contributed by atoms with Crippen LogP contribution in [0.15, 0.2) is 18.2 Å². The zero-order chi connectivity index (χ0) is 17.9. The number of nitrogen functional groups attached to an aromatic ring is 1. The summed E-state index contributed by atoms with van der Waals surface area (Å²) in [6.07, 6.45) is 0.522. The van der Waals surface area contributed by atoms with Gasteiger partial charge in [-0.2, -0.15) is 5.10 Å². The average molecular weight is 352 g/mol. The summed E-state index contributed by atoms with van der Waals surface area (Å²) < 4.78 is 11.5.